The SMILES string of the molecule is O=C(c1ccc(/C=C/c2ccccc2)cc1)C(O)O. The molecule has 19 heavy (non-hydrogen) atoms. The van der Waals surface area contributed by atoms with Crippen molar-refractivity contribution < 1.29 is 15.0 Å². The number of aliphatic hydroxyl groups excluding tert-OH is 1. The number of hydrogen-bond donors (Lipinski definition) is 2. The highest BCUT2D eigenvalue weighted by Gasteiger charge is 2.12. The van der Waals surface area contributed by atoms with Gasteiger partial charge in [-0.2, -0.15) is 0 Å². The Hall–Kier alpha value is -2.23. The van der Waals surface area contributed by atoms with Crippen molar-refractivity contribution in [3.8, 4) is 0 Å². The van der Waals surface area contributed by atoms with Crippen LogP contribution < -0.4 is 0 Å². The van der Waals surface area contributed by atoms with Crippen LogP contribution in [-0.4, -0.2) is 22.3 Å². The zero-order valence-corrected chi connectivity index (χ0v) is 10.2. The Morgan fingerprint density at radius 1 is 0.842 bits per heavy atom. The number of hydrogen-bond acceptors (Lipinski definition) is 3. The van der Waals surface area contributed by atoms with Crippen LogP contribution in [0.2, 0.25) is 0 Å². The molecule has 0 saturated carbocycles. The minimum Gasteiger partial charge on any atom is -0.362 e. The first-order valence-corrected chi connectivity index (χ1v) is 5.90. The molecule has 0 spiro atoms. The summed E-state index contributed by atoms with van der Waals surface area (Å²) < 4.78 is 0. The van der Waals surface area contributed by atoms with E-state index < -0.39 is 12.1 Å². The highest BCUT2D eigenvalue weighted by atomic mass is 16.5. The Labute approximate surface area is 111 Å². The molecule has 0 radical (unpaired) electrons. The van der Waals surface area contributed by atoms with E-state index in [9.17, 15) is 4.79 Å². The molecule has 3 heteroatoms. The van der Waals surface area contributed by atoms with Crippen molar-refractivity contribution in [1.82, 2.24) is 0 Å². The average Bonchev–Trinajstić information content (AvgIpc) is 2.46. The summed E-state index contributed by atoms with van der Waals surface area (Å²) in [6.45, 7) is 0. The van der Waals surface area contributed by atoms with E-state index in [1.807, 2.05) is 42.5 Å². The van der Waals surface area contributed by atoms with Gasteiger partial charge in [0.05, 0.1) is 0 Å². The van der Waals surface area contributed by atoms with Crippen LogP contribution in [0.15, 0.2) is 54.6 Å². The zero-order valence-electron chi connectivity index (χ0n) is 10.2. The normalized spacial score (nSPS) is 11.1. The summed E-state index contributed by atoms with van der Waals surface area (Å²) in [5, 5.41) is 17.6. The van der Waals surface area contributed by atoms with E-state index in [2.05, 4.69) is 0 Å². The lowest BCUT2D eigenvalue weighted by Gasteiger charge is -2.02. The number of carbonyl (C=O) groups is 1. The van der Waals surface area contributed by atoms with Gasteiger partial charge in [-0.25, -0.2) is 0 Å². The summed E-state index contributed by atoms with van der Waals surface area (Å²) in [5.41, 5.74) is 2.31. The zero-order chi connectivity index (χ0) is 13.7. The molecule has 3 nitrogen and oxygen atoms in total. The predicted octanol–water partition coefficient (Wildman–Crippen LogP) is 2.35. The summed E-state index contributed by atoms with van der Waals surface area (Å²) in [6, 6.07) is 16.5. The fourth-order valence-electron chi connectivity index (χ4n) is 1.66. The summed E-state index contributed by atoms with van der Waals surface area (Å²) >= 11 is 0. The molecule has 2 aromatic carbocycles. The van der Waals surface area contributed by atoms with E-state index in [1.54, 1.807) is 24.3 Å². The van der Waals surface area contributed by atoms with Crippen LogP contribution in [-0.2, 0) is 0 Å². The molecule has 0 bridgehead atoms. The summed E-state index contributed by atoms with van der Waals surface area (Å²) in [4.78, 5) is 11.3. The lowest BCUT2D eigenvalue weighted by molar-refractivity contribution is -0.0195. The topological polar surface area (TPSA) is 57.5 Å². The second kappa shape index (κ2) is 6.09. The highest BCUT2D eigenvalue weighted by Crippen LogP contribution is 2.10. The van der Waals surface area contributed by atoms with Gasteiger partial charge in [0.1, 0.15) is 0 Å². The first-order chi connectivity index (χ1) is 9.16. The molecule has 0 unspecified atom stereocenters. The molecule has 2 rings (SSSR count). The average molecular weight is 254 g/mol. The lowest BCUT2D eigenvalue weighted by atomic mass is 10.1. The first-order valence-electron chi connectivity index (χ1n) is 5.90. The Morgan fingerprint density at radius 2 is 1.37 bits per heavy atom. The Morgan fingerprint density at radius 3 is 1.89 bits per heavy atom. The number of benzene rings is 2. The third-order valence-electron chi connectivity index (χ3n) is 2.70. The molecular formula is C16H14O3. The first kappa shape index (κ1) is 13.2. The fourth-order valence-corrected chi connectivity index (χ4v) is 1.66. The third kappa shape index (κ3) is 3.61. The van der Waals surface area contributed by atoms with E-state index in [0.717, 1.165) is 11.1 Å². The van der Waals surface area contributed by atoms with Gasteiger partial charge >= 0.3 is 0 Å². The number of rotatable bonds is 4. The van der Waals surface area contributed by atoms with Crippen molar-refractivity contribution in [1.29, 1.82) is 0 Å². The van der Waals surface area contributed by atoms with Crippen molar-refractivity contribution in [2.75, 3.05) is 0 Å². The molecule has 0 aliphatic heterocycles. The van der Waals surface area contributed by atoms with Crippen LogP contribution in [0.3, 0.4) is 0 Å². The van der Waals surface area contributed by atoms with E-state index in [1.165, 1.54) is 0 Å². The molecule has 0 amide bonds. The van der Waals surface area contributed by atoms with Gasteiger partial charge in [-0.15, -0.1) is 0 Å². The number of aliphatic hydroxyl groups is 2. The van der Waals surface area contributed by atoms with Crippen LogP contribution in [0.4, 0.5) is 0 Å². The largest absolute Gasteiger partial charge is 0.362 e. The number of ketones is 1. The monoisotopic (exact) mass is 254 g/mol. The van der Waals surface area contributed by atoms with Crippen molar-refractivity contribution in [2.24, 2.45) is 0 Å². The molecular weight excluding hydrogens is 240 g/mol. The Balaban J connectivity index is 2.11. The second-order valence-electron chi connectivity index (χ2n) is 4.10. The molecule has 0 aromatic heterocycles. The van der Waals surface area contributed by atoms with Gasteiger partial charge in [0.15, 0.2) is 0 Å². The standard InChI is InChI=1S/C16H14O3/c17-15(16(18)19)14-10-8-13(9-11-14)7-6-12-4-2-1-3-5-12/h1-11,16,18-19H/b7-6+. The fraction of sp³-hybridized carbons (Fsp3) is 0.0625. The van der Waals surface area contributed by atoms with Crippen LogP contribution in [0.25, 0.3) is 12.2 Å². The van der Waals surface area contributed by atoms with Crippen LogP contribution in [0.5, 0.6) is 0 Å². The maximum absolute atomic E-state index is 11.3. The molecule has 0 atom stereocenters. The number of Topliss-reactive ketones (excluding diaryl/α,β-unsaturated/α-hetero) is 1. The van der Waals surface area contributed by atoms with E-state index in [4.69, 9.17) is 10.2 Å². The van der Waals surface area contributed by atoms with Gasteiger partial charge in [0.25, 0.3) is 0 Å². The van der Waals surface area contributed by atoms with Gasteiger partial charge in [0, 0.05) is 5.56 Å². The maximum Gasteiger partial charge on any atom is 0.218 e. The van der Waals surface area contributed by atoms with Gasteiger partial charge in [0.2, 0.25) is 12.1 Å². The maximum atomic E-state index is 11.3. The van der Waals surface area contributed by atoms with Crippen molar-refractivity contribution >= 4 is 17.9 Å². The summed E-state index contributed by atoms with van der Waals surface area (Å²) in [5.74, 6) is -0.696. The molecule has 0 saturated heterocycles. The molecule has 0 aliphatic carbocycles. The van der Waals surface area contributed by atoms with Gasteiger partial charge in [-0.3, -0.25) is 4.79 Å². The number of carbonyl (C=O) groups excluding carboxylic acids is 1. The molecule has 2 N–H and O–H groups in total. The highest BCUT2D eigenvalue weighted by molar-refractivity contribution is 5.98. The Bertz CT molecular complexity index is 569. The van der Waals surface area contributed by atoms with E-state index in [-0.39, 0.29) is 5.56 Å². The van der Waals surface area contributed by atoms with Crippen LogP contribution in [0, 0.1) is 0 Å². The molecule has 0 heterocycles. The molecule has 2 aromatic rings. The van der Waals surface area contributed by atoms with E-state index in [0.29, 0.717) is 0 Å². The van der Waals surface area contributed by atoms with Gasteiger partial charge < -0.3 is 10.2 Å². The summed E-state index contributed by atoms with van der Waals surface area (Å²) in [7, 11) is 0. The lowest BCUT2D eigenvalue weighted by Crippen LogP contribution is -2.19. The van der Waals surface area contributed by atoms with Crippen molar-refractivity contribution in [2.45, 2.75) is 6.29 Å². The molecule has 0 aliphatic rings. The molecule has 0 fully saturated rings. The minimum atomic E-state index is -1.95. The minimum absolute atomic E-state index is 0.284. The smallest absolute Gasteiger partial charge is 0.218 e. The third-order valence-corrected chi connectivity index (χ3v) is 2.70. The summed E-state index contributed by atoms with van der Waals surface area (Å²) in [6.07, 6.45) is 1.95. The van der Waals surface area contributed by atoms with Gasteiger partial charge in [-0.05, 0) is 11.1 Å². The van der Waals surface area contributed by atoms with Crippen LogP contribution in [0.1, 0.15) is 21.5 Å². The predicted molar refractivity (Wildman–Crippen MR) is 74.4 cm³/mol. The molecule has 96 valence electrons. The Kier molecular flexibility index (Phi) is 4.23. The van der Waals surface area contributed by atoms with Crippen molar-refractivity contribution in [3.05, 3.63) is 71.3 Å². The second-order valence-corrected chi connectivity index (χ2v) is 4.10. The van der Waals surface area contributed by atoms with Crippen molar-refractivity contribution in [3.63, 3.8) is 0 Å². The van der Waals surface area contributed by atoms with E-state index >= 15 is 0 Å². The van der Waals surface area contributed by atoms with Crippen LogP contribution >= 0.6 is 0 Å². The van der Waals surface area contributed by atoms with Gasteiger partial charge in [-0.1, -0.05) is 66.7 Å². The quantitative estimate of drug-likeness (QED) is 0.500.